The molecule has 1 aromatic heterocycles. The van der Waals surface area contributed by atoms with Crippen LogP contribution in [0.5, 0.6) is 0 Å². The van der Waals surface area contributed by atoms with Crippen LogP contribution in [-0.4, -0.2) is 42.7 Å². The van der Waals surface area contributed by atoms with Crippen LogP contribution < -0.4 is 11.1 Å². The Morgan fingerprint density at radius 2 is 1.86 bits per heavy atom. The molecule has 0 aliphatic heterocycles. The first-order valence-electron chi connectivity index (χ1n) is 10.5. The second-order valence-corrected chi connectivity index (χ2v) is 8.80. The number of nitrogens with zero attached hydrogens (tertiary/aromatic N) is 1. The second kappa shape index (κ2) is 12.7. The largest absolute Gasteiger partial charge is 0.462 e. The van der Waals surface area contributed by atoms with Crippen molar-refractivity contribution in [1.29, 1.82) is 0 Å². The van der Waals surface area contributed by atoms with E-state index in [1.165, 1.54) is 12.3 Å². The van der Waals surface area contributed by atoms with Crippen LogP contribution in [0.4, 0.5) is 10.1 Å². The molecule has 1 heterocycles. The lowest BCUT2D eigenvalue weighted by molar-refractivity contribution is 0.0505. The predicted molar refractivity (Wildman–Crippen MR) is 130 cm³/mol. The van der Waals surface area contributed by atoms with E-state index in [2.05, 4.69) is 10.3 Å². The van der Waals surface area contributed by atoms with Crippen LogP contribution in [0.3, 0.4) is 0 Å². The van der Waals surface area contributed by atoms with Crippen molar-refractivity contribution in [3.05, 3.63) is 83.4 Å². The van der Waals surface area contributed by atoms with Gasteiger partial charge in [0.05, 0.1) is 30.3 Å². The van der Waals surface area contributed by atoms with Gasteiger partial charge in [-0.25, -0.2) is 9.18 Å². The Morgan fingerprint density at radius 1 is 1.14 bits per heavy atom. The van der Waals surface area contributed by atoms with Crippen molar-refractivity contribution in [3.63, 3.8) is 0 Å². The van der Waals surface area contributed by atoms with Crippen LogP contribution in [-0.2, 0) is 21.4 Å². The molecule has 186 valence electrons. The number of carbonyl (C=O) groups is 2. The second-order valence-electron chi connectivity index (χ2n) is 7.34. The number of halogens is 1. The molecule has 0 saturated carbocycles. The molecule has 3 aromatic rings. The van der Waals surface area contributed by atoms with E-state index in [4.69, 9.17) is 15.0 Å². The van der Waals surface area contributed by atoms with Crippen molar-refractivity contribution >= 4 is 27.7 Å². The quantitative estimate of drug-likeness (QED) is 0.327. The Morgan fingerprint density at radius 3 is 2.49 bits per heavy atom. The summed E-state index contributed by atoms with van der Waals surface area (Å²) in [6, 6.07) is 13.4. The molecular weight excluding hydrogens is 477 g/mol. The third-order valence-corrected chi connectivity index (χ3v) is 4.46. The molecule has 0 aliphatic carbocycles. The zero-order chi connectivity index (χ0) is 26.0. The maximum atomic E-state index is 13.8. The van der Waals surface area contributed by atoms with Gasteiger partial charge in [0, 0.05) is 18.3 Å². The van der Waals surface area contributed by atoms with Crippen LogP contribution in [0.2, 0.25) is 0 Å². The highest BCUT2D eigenvalue weighted by Crippen LogP contribution is 2.27. The molecule has 9 nitrogen and oxygen atoms in total. The van der Waals surface area contributed by atoms with E-state index in [1.807, 2.05) is 13.0 Å². The molecule has 0 aliphatic rings. The van der Waals surface area contributed by atoms with E-state index in [0.717, 1.165) is 23.7 Å². The Bertz CT molecular complexity index is 1290. The summed E-state index contributed by atoms with van der Waals surface area (Å²) in [5, 5.41) is 2.54. The molecule has 3 rings (SSSR count). The van der Waals surface area contributed by atoms with Crippen molar-refractivity contribution in [2.24, 2.45) is 5.73 Å². The van der Waals surface area contributed by atoms with E-state index in [-0.39, 0.29) is 12.2 Å². The zero-order valence-corrected chi connectivity index (χ0v) is 20.0. The van der Waals surface area contributed by atoms with Gasteiger partial charge in [-0.05, 0) is 53.4 Å². The Balaban J connectivity index is 0.000000784. The van der Waals surface area contributed by atoms with Crippen LogP contribution in [0, 0.1) is 5.82 Å². The van der Waals surface area contributed by atoms with Gasteiger partial charge in [0.15, 0.2) is 5.82 Å². The highest BCUT2D eigenvalue weighted by molar-refractivity contribution is 7.85. The highest BCUT2D eigenvalue weighted by atomic mass is 32.2. The van der Waals surface area contributed by atoms with Crippen molar-refractivity contribution in [1.82, 2.24) is 4.98 Å². The summed E-state index contributed by atoms with van der Waals surface area (Å²) >= 11 is 0. The smallest absolute Gasteiger partial charge is 0.338 e. The van der Waals surface area contributed by atoms with Crippen molar-refractivity contribution in [2.75, 3.05) is 18.2 Å². The number of aromatic nitrogens is 1. The lowest BCUT2D eigenvalue weighted by atomic mass is 9.95. The van der Waals surface area contributed by atoms with Crippen LogP contribution in [0.25, 0.3) is 11.1 Å². The predicted octanol–water partition coefficient (Wildman–Crippen LogP) is 3.67. The molecule has 0 unspecified atom stereocenters. The summed E-state index contributed by atoms with van der Waals surface area (Å²) in [6.45, 7) is 2.52. The fraction of sp³-hybridized carbons (Fsp3) is 0.208. The van der Waals surface area contributed by atoms with Gasteiger partial charge in [0.2, 0.25) is 0 Å². The normalized spacial score (nSPS) is 10.7. The molecule has 1 amide bonds. The molecule has 2 aromatic carbocycles. The van der Waals surface area contributed by atoms with Gasteiger partial charge < -0.3 is 15.8 Å². The number of nitrogens with one attached hydrogen (secondary N) is 1. The maximum absolute atomic E-state index is 13.8. The number of rotatable bonds is 7. The molecule has 0 saturated heterocycles. The van der Waals surface area contributed by atoms with E-state index in [9.17, 15) is 22.4 Å². The number of carbonyl (C=O) groups excluding carboxylic acids is 2. The number of esters is 1. The molecule has 0 atom stereocenters. The molecule has 11 heteroatoms. The minimum absolute atomic E-state index is 0.0418. The molecule has 0 spiro atoms. The average molecular weight is 504 g/mol. The van der Waals surface area contributed by atoms with Crippen LogP contribution in [0.15, 0.2) is 60.9 Å². The standard InChI is InChI=1S/C23H22FN3O3.CH4O3S/c1-2-10-30-23(29)17-5-3-4-15(11-17)19-12-16(6-7-18(19)13-25)22(28)27-21-8-9-26-14-20(21)24;1-5(2,3)4/h3-9,11-12,14H,2,10,13,25H2,1H3,(H,26,27,28);1H3,(H,2,3,4). The first kappa shape index (κ1) is 27.6. The number of amides is 1. The Kier molecular flexibility index (Phi) is 10.0. The number of anilines is 1. The van der Waals surface area contributed by atoms with Gasteiger partial charge >= 0.3 is 5.97 Å². The summed E-state index contributed by atoms with van der Waals surface area (Å²) < 4.78 is 44.9. The minimum Gasteiger partial charge on any atom is -0.462 e. The van der Waals surface area contributed by atoms with Gasteiger partial charge in [-0.15, -0.1) is 0 Å². The summed E-state index contributed by atoms with van der Waals surface area (Å²) in [5.41, 5.74) is 8.91. The first-order chi connectivity index (χ1) is 16.5. The summed E-state index contributed by atoms with van der Waals surface area (Å²) in [4.78, 5) is 28.5. The third kappa shape index (κ3) is 8.89. The van der Waals surface area contributed by atoms with Gasteiger partial charge in [-0.3, -0.25) is 14.3 Å². The maximum Gasteiger partial charge on any atom is 0.338 e. The van der Waals surface area contributed by atoms with Crippen molar-refractivity contribution in [3.8, 4) is 11.1 Å². The molecule has 35 heavy (non-hydrogen) atoms. The number of nitrogens with two attached hydrogens (primary N) is 1. The van der Waals surface area contributed by atoms with Gasteiger partial charge in [0.25, 0.3) is 16.0 Å². The van der Waals surface area contributed by atoms with Gasteiger partial charge in [-0.1, -0.05) is 25.1 Å². The number of pyridine rings is 1. The zero-order valence-electron chi connectivity index (χ0n) is 19.2. The first-order valence-corrected chi connectivity index (χ1v) is 12.3. The van der Waals surface area contributed by atoms with Crippen molar-refractivity contribution < 1.29 is 31.7 Å². The average Bonchev–Trinajstić information content (AvgIpc) is 2.82. The van der Waals surface area contributed by atoms with E-state index >= 15 is 0 Å². The third-order valence-electron chi connectivity index (χ3n) is 4.46. The summed E-state index contributed by atoms with van der Waals surface area (Å²) in [5.74, 6) is -1.50. The van der Waals surface area contributed by atoms with Crippen LogP contribution in [0.1, 0.15) is 39.6 Å². The molecule has 0 fully saturated rings. The van der Waals surface area contributed by atoms with Crippen molar-refractivity contribution in [2.45, 2.75) is 19.9 Å². The van der Waals surface area contributed by atoms with E-state index in [1.54, 1.807) is 36.4 Å². The SMILES string of the molecule is CCCOC(=O)c1cccc(-c2cc(C(=O)Nc3ccncc3F)ccc2CN)c1.CS(=O)(=O)O. The molecule has 0 bridgehead atoms. The molecule has 4 N–H and O–H groups in total. The number of benzene rings is 2. The number of hydrogen-bond acceptors (Lipinski definition) is 7. The number of ether oxygens (including phenoxy) is 1. The Hall–Kier alpha value is -3.67. The highest BCUT2D eigenvalue weighted by Gasteiger charge is 2.14. The fourth-order valence-electron chi connectivity index (χ4n) is 2.93. The monoisotopic (exact) mass is 503 g/mol. The number of hydrogen-bond donors (Lipinski definition) is 3. The van der Waals surface area contributed by atoms with E-state index < -0.39 is 27.8 Å². The molecule has 0 radical (unpaired) electrons. The fourth-order valence-corrected chi connectivity index (χ4v) is 2.93. The van der Waals surface area contributed by atoms with Gasteiger partial charge in [-0.2, -0.15) is 8.42 Å². The lowest BCUT2D eigenvalue weighted by Crippen LogP contribution is -2.14. The molecular formula is C24H26FN3O6S. The summed E-state index contributed by atoms with van der Waals surface area (Å²) in [6.07, 6.45) is 3.87. The van der Waals surface area contributed by atoms with Crippen LogP contribution >= 0.6 is 0 Å². The van der Waals surface area contributed by atoms with Gasteiger partial charge in [0.1, 0.15) is 0 Å². The topological polar surface area (TPSA) is 149 Å². The summed E-state index contributed by atoms with van der Waals surface area (Å²) in [7, 11) is -3.67. The Labute approximate surface area is 202 Å². The minimum atomic E-state index is -3.67. The van der Waals surface area contributed by atoms with E-state index in [0.29, 0.717) is 29.6 Å². The lowest BCUT2D eigenvalue weighted by Gasteiger charge is -2.13.